The summed E-state index contributed by atoms with van der Waals surface area (Å²) in [6.07, 6.45) is 0.683. The maximum atomic E-state index is 13.0. The van der Waals surface area contributed by atoms with E-state index in [9.17, 15) is 19.5 Å². The second-order valence-electron chi connectivity index (χ2n) is 8.63. The lowest BCUT2D eigenvalue weighted by Gasteiger charge is -2.28. The molecule has 3 atom stereocenters. The number of fused-ring (bicyclic) bond motifs is 3. The number of carboxylic acid groups (broad SMARTS) is 1. The lowest BCUT2D eigenvalue weighted by atomic mass is 9.98. The van der Waals surface area contributed by atoms with Crippen molar-refractivity contribution in [2.75, 3.05) is 12.4 Å². The molecule has 1 saturated heterocycles. The van der Waals surface area contributed by atoms with Crippen molar-refractivity contribution in [1.29, 1.82) is 0 Å². The van der Waals surface area contributed by atoms with Crippen LogP contribution in [0.3, 0.4) is 0 Å². The zero-order valence-corrected chi connectivity index (χ0v) is 20.2. The highest BCUT2D eigenvalue weighted by molar-refractivity contribution is 8.00. The van der Waals surface area contributed by atoms with Gasteiger partial charge >= 0.3 is 12.1 Å². The predicted molar refractivity (Wildman–Crippen MR) is 132 cm³/mol. The number of carboxylic acids is 1. The summed E-state index contributed by atoms with van der Waals surface area (Å²) < 4.78 is 5.61. The molecule has 0 aromatic heterocycles. The van der Waals surface area contributed by atoms with Crippen LogP contribution in [0, 0.1) is 0 Å². The lowest BCUT2D eigenvalue weighted by molar-refractivity contribution is -0.149. The van der Waals surface area contributed by atoms with E-state index in [4.69, 9.17) is 4.74 Å². The number of rotatable bonds is 8. The molecule has 2 N–H and O–H groups in total. The average Bonchev–Trinajstić information content (AvgIpc) is 3.42. The van der Waals surface area contributed by atoms with E-state index in [2.05, 4.69) is 29.6 Å². The number of nitrogens with one attached hydrogen (secondary N) is 1. The molecule has 1 aliphatic carbocycles. The van der Waals surface area contributed by atoms with Crippen LogP contribution in [-0.4, -0.2) is 57.8 Å². The van der Waals surface area contributed by atoms with E-state index >= 15 is 0 Å². The van der Waals surface area contributed by atoms with Gasteiger partial charge in [0.2, 0.25) is 5.91 Å². The van der Waals surface area contributed by atoms with Crippen molar-refractivity contribution in [3.63, 3.8) is 0 Å². The normalized spacial score (nSPS) is 19.9. The van der Waals surface area contributed by atoms with Gasteiger partial charge in [-0.1, -0.05) is 62.4 Å². The Kier molecular flexibility index (Phi) is 7.46. The summed E-state index contributed by atoms with van der Waals surface area (Å²) in [6, 6.07) is 15.0. The second-order valence-corrected chi connectivity index (χ2v) is 9.84. The smallest absolute Gasteiger partial charge is 0.407 e. The maximum absolute atomic E-state index is 13.0. The number of nitrogens with zero attached hydrogens (tertiary/aromatic N) is 1. The van der Waals surface area contributed by atoms with E-state index in [0.29, 0.717) is 18.6 Å². The van der Waals surface area contributed by atoms with E-state index in [1.807, 2.05) is 38.1 Å². The van der Waals surface area contributed by atoms with Crippen LogP contribution < -0.4 is 5.32 Å². The Morgan fingerprint density at radius 3 is 2.26 bits per heavy atom. The van der Waals surface area contributed by atoms with E-state index in [1.165, 1.54) is 16.7 Å². The number of thioether (sulfide) groups is 1. The molecule has 2 aromatic rings. The predicted octanol–water partition coefficient (Wildman–Crippen LogP) is 4.46. The number of ether oxygens (including phenoxy) is 1. The first-order valence-electron chi connectivity index (χ1n) is 11.7. The van der Waals surface area contributed by atoms with E-state index in [0.717, 1.165) is 22.3 Å². The standard InChI is InChI=1S/C26H30N2O5S/c1-3-16(13-23(29)28-22(25(30)31)15-34-24(28)4-2)27-26(32)33-14-21-19-11-7-5-9-17(19)18-10-6-8-12-20(18)21/h5-12,16,21-22,24H,3-4,13-15H2,1-2H3,(H,27,32)(H,30,31). The molecule has 0 saturated carbocycles. The summed E-state index contributed by atoms with van der Waals surface area (Å²) in [5.74, 6) is -0.900. The number of carbonyl (C=O) groups is 3. The molecular weight excluding hydrogens is 452 g/mol. The Bertz CT molecular complexity index is 1030. The van der Waals surface area contributed by atoms with Crippen LogP contribution in [0.4, 0.5) is 4.79 Å². The molecule has 1 aliphatic heterocycles. The third-order valence-corrected chi connectivity index (χ3v) is 8.05. The molecule has 2 aliphatic rings. The highest BCUT2D eigenvalue weighted by Gasteiger charge is 2.41. The highest BCUT2D eigenvalue weighted by Crippen LogP contribution is 2.44. The molecule has 180 valence electrons. The summed E-state index contributed by atoms with van der Waals surface area (Å²) in [6.45, 7) is 4.02. The van der Waals surface area contributed by atoms with E-state index < -0.39 is 24.1 Å². The Morgan fingerprint density at radius 1 is 1.09 bits per heavy atom. The first-order valence-corrected chi connectivity index (χ1v) is 12.8. The number of hydrogen-bond acceptors (Lipinski definition) is 5. The van der Waals surface area contributed by atoms with Crippen molar-refractivity contribution in [2.24, 2.45) is 0 Å². The summed E-state index contributed by atoms with van der Waals surface area (Å²) in [4.78, 5) is 38.7. The van der Waals surface area contributed by atoms with Gasteiger partial charge < -0.3 is 20.1 Å². The number of benzene rings is 2. The molecule has 0 spiro atoms. The lowest BCUT2D eigenvalue weighted by Crippen LogP contribution is -2.48. The summed E-state index contributed by atoms with van der Waals surface area (Å²) in [5, 5.41) is 12.2. The van der Waals surface area contributed by atoms with E-state index in [-0.39, 0.29) is 30.2 Å². The number of alkyl carbamates (subject to hydrolysis) is 1. The molecule has 34 heavy (non-hydrogen) atoms. The fourth-order valence-electron chi connectivity index (χ4n) is 4.82. The van der Waals surface area contributed by atoms with Gasteiger partial charge in [-0.2, -0.15) is 0 Å². The third-order valence-electron chi connectivity index (χ3n) is 6.59. The van der Waals surface area contributed by atoms with E-state index in [1.54, 1.807) is 0 Å². The zero-order valence-electron chi connectivity index (χ0n) is 19.4. The maximum Gasteiger partial charge on any atom is 0.407 e. The van der Waals surface area contributed by atoms with Gasteiger partial charge in [0.05, 0.1) is 5.37 Å². The molecule has 0 bridgehead atoms. The molecule has 4 rings (SSSR count). The number of amides is 2. The van der Waals surface area contributed by atoms with Crippen molar-refractivity contribution < 1.29 is 24.2 Å². The summed E-state index contributed by atoms with van der Waals surface area (Å²) in [7, 11) is 0. The van der Waals surface area contributed by atoms with Crippen molar-refractivity contribution in [2.45, 2.75) is 56.5 Å². The van der Waals surface area contributed by atoms with Gasteiger partial charge in [0.15, 0.2) is 0 Å². The molecule has 2 aromatic carbocycles. The SMILES string of the molecule is CCC(CC(=O)N1C(CC)SCC1C(=O)O)NC(=O)OCC1c2ccccc2-c2ccccc21. The van der Waals surface area contributed by atoms with Crippen LogP contribution in [0.5, 0.6) is 0 Å². The first-order chi connectivity index (χ1) is 16.4. The fourth-order valence-corrected chi connectivity index (χ4v) is 6.19. The van der Waals surface area contributed by atoms with Gasteiger partial charge in [-0.25, -0.2) is 9.59 Å². The van der Waals surface area contributed by atoms with Crippen LogP contribution in [-0.2, 0) is 14.3 Å². The van der Waals surface area contributed by atoms with Gasteiger partial charge in [-0.3, -0.25) is 4.79 Å². The molecule has 3 unspecified atom stereocenters. The van der Waals surface area contributed by atoms with Gasteiger partial charge in [-0.15, -0.1) is 11.8 Å². The van der Waals surface area contributed by atoms with Crippen LogP contribution in [0.15, 0.2) is 48.5 Å². The third kappa shape index (κ3) is 4.78. The minimum absolute atomic E-state index is 0.0388. The Morgan fingerprint density at radius 2 is 1.71 bits per heavy atom. The van der Waals surface area contributed by atoms with Crippen LogP contribution in [0.2, 0.25) is 0 Å². The molecule has 8 heteroatoms. The topological polar surface area (TPSA) is 95.9 Å². The van der Waals surface area contributed by atoms with Crippen LogP contribution >= 0.6 is 11.8 Å². The van der Waals surface area contributed by atoms with Crippen LogP contribution in [0.25, 0.3) is 11.1 Å². The van der Waals surface area contributed by atoms with Gasteiger partial charge in [0, 0.05) is 24.1 Å². The Labute approximate surface area is 203 Å². The zero-order chi connectivity index (χ0) is 24.2. The quantitative estimate of drug-likeness (QED) is 0.577. The largest absolute Gasteiger partial charge is 0.480 e. The minimum atomic E-state index is -0.991. The average molecular weight is 483 g/mol. The van der Waals surface area contributed by atoms with Gasteiger partial charge in [-0.05, 0) is 35.1 Å². The monoisotopic (exact) mass is 482 g/mol. The van der Waals surface area contributed by atoms with Crippen molar-refractivity contribution in [1.82, 2.24) is 10.2 Å². The number of aliphatic carboxylic acids is 1. The van der Waals surface area contributed by atoms with Gasteiger partial charge in [0.25, 0.3) is 0 Å². The summed E-state index contributed by atoms with van der Waals surface area (Å²) >= 11 is 1.49. The van der Waals surface area contributed by atoms with Crippen molar-refractivity contribution in [3.05, 3.63) is 59.7 Å². The molecule has 7 nitrogen and oxygen atoms in total. The fraction of sp³-hybridized carbons (Fsp3) is 0.423. The van der Waals surface area contributed by atoms with Crippen LogP contribution in [0.1, 0.15) is 50.2 Å². The highest BCUT2D eigenvalue weighted by atomic mass is 32.2. The van der Waals surface area contributed by atoms with Crippen molar-refractivity contribution in [3.8, 4) is 11.1 Å². The molecular formula is C26H30N2O5S. The summed E-state index contributed by atoms with van der Waals surface area (Å²) in [5.41, 5.74) is 4.59. The molecule has 2 amide bonds. The first kappa shape index (κ1) is 24.1. The molecule has 1 heterocycles. The minimum Gasteiger partial charge on any atom is -0.480 e. The second kappa shape index (κ2) is 10.5. The number of hydrogen-bond donors (Lipinski definition) is 2. The number of carbonyl (C=O) groups excluding carboxylic acids is 2. The molecule has 1 fully saturated rings. The Hall–Kier alpha value is -3.00. The Balaban J connectivity index is 1.37. The van der Waals surface area contributed by atoms with Crippen molar-refractivity contribution >= 4 is 29.7 Å². The molecule has 0 radical (unpaired) electrons. The van der Waals surface area contributed by atoms with Gasteiger partial charge in [0.1, 0.15) is 12.6 Å².